The zero-order valence-electron chi connectivity index (χ0n) is 12.3. The average molecular weight is 392 g/mol. The van der Waals surface area contributed by atoms with Gasteiger partial charge < -0.3 is 9.47 Å². The predicted molar refractivity (Wildman–Crippen MR) is 85.7 cm³/mol. The van der Waals surface area contributed by atoms with Gasteiger partial charge in [-0.15, -0.1) is 46.4 Å². The van der Waals surface area contributed by atoms with Gasteiger partial charge in [-0.25, -0.2) is 0 Å². The van der Waals surface area contributed by atoms with E-state index in [0.717, 1.165) is 0 Å². The molecular weight excluding hydrogens is 374 g/mol. The van der Waals surface area contributed by atoms with E-state index in [4.69, 9.17) is 55.9 Å². The molecule has 0 N–H and O–H groups in total. The fourth-order valence-corrected chi connectivity index (χ4v) is 6.89. The van der Waals surface area contributed by atoms with Gasteiger partial charge in [0.15, 0.2) is 0 Å². The summed E-state index contributed by atoms with van der Waals surface area (Å²) in [5.74, 6) is -1.39. The predicted octanol–water partition coefficient (Wildman–Crippen LogP) is 2.75. The summed E-state index contributed by atoms with van der Waals surface area (Å²) in [5, 5.41) is 0. The molecule has 4 nitrogen and oxygen atoms in total. The van der Waals surface area contributed by atoms with Gasteiger partial charge >= 0.3 is 11.9 Å². The summed E-state index contributed by atoms with van der Waals surface area (Å²) < 4.78 is 10.00. The number of hydrogen-bond acceptors (Lipinski definition) is 4. The smallest absolute Gasteiger partial charge is 0.313 e. The Morgan fingerprint density at radius 3 is 1.09 bits per heavy atom. The fourth-order valence-electron chi connectivity index (χ4n) is 5.05. The molecular formula is C14H18Cl4O4. The number of carbonyl (C=O) groups is 2. The SMILES string of the molecule is COC(=O)C12[C@@H](CCl)[C@H](CCl)C1(C(=O)OC)[C@@H](CCl)[C@@H]2CCl. The number of hydrogen-bond donors (Lipinski definition) is 0. The summed E-state index contributed by atoms with van der Waals surface area (Å²) in [6.45, 7) is 0. The largest absolute Gasteiger partial charge is 0.469 e. The van der Waals surface area contributed by atoms with Crippen LogP contribution in [0.5, 0.6) is 0 Å². The number of methoxy groups -OCH3 is 2. The van der Waals surface area contributed by atoms with Gasteiger partial charge in [0, 0.05) is 23.5 Å². The summed E-state index contributed by atoms with van der Waals surface area (Å²) in [4.78, 5) is 25.3. The summed E-state index contributed by atoms with van der Waals surface area (Å²) in [6.07, 6.45) is 0. The van der Waals surface area contributed by atoms with E-state index in [1.807, 2.05) is 0 Å². The number of fused-ring (bicyclic) bond motifs is 1. The van der Waals surface area contributed by atoms with Crippen LogP contribution >= 0.6 is 46.4 Å². The third-order valence-corrected chi connectivity index (χ3v) is 7.04. The van der Waals surface area contributed by atoms with Crippen molar-refractivity contribution in [2.75, 3.05) is 37.7 Å². The number of ether oxygens (including phenoxy) is 2. The summed E-state index contributed by atoms with van der Waals surface area (Å²) in [5.41, 5.74) is -2.20. The van der Waals surface area contributed by atoms with Crippen LogP contribution in [-0.4, -0.2) is 49.7 Å². The molecule has 0 aromatic carbocycles. The van der Waals surface area contributed by atoms with Crippen molar-refractivity contribution in [1.82, 2.24) is 0 Å². The second-order valence-corrected chi connectivity index (χ2v) is 7.00. The first kappa shape index (κ1) is 18.4. The summed E-state index contributed by atoms with van der Waals surface area (Å²) in [6, 6.07) is 0. The average Bonchev–Trinajstić information content (AvgIpc) is 2.53. The van der Waals surface area contributed by atoms with Crippen molar-refractivity contribution in [3.05, 3.63) is 0 Å². The normalized spacial score (nSPS) is 42.6. The zero-order valence-corrected chi connectivity index (χ0v) is 15.3. The Bertz CT molecular complexity index is 408. The molecule has 0 aliphatic heterocycles. The van der Waals surface area contributed by atoms with Crippen molar-refractivity contribution in [2.45, 2.75) is 0 Å². The maximum absolute atomic E-state index is 12.6. The maximum atomic E-state index is 12.6. The third-order valence-electron chi connectivity index (χ3n) is 5.71. The monoisotopic (exact) mass is 390 g/mol. The van der Waals surface area contributed by atoms with Crippen LogP contribution in [0.3, 0.4) is 0 Å². The number of alkyl halides is 4. The Balaban J connectivity index is 2.64. The van der Waals surface area contributed by atoms with E-state index >= 15 is 0 Å². The van der Waals surface area contributed by atoms with Gasteiger partial charge in [0.05, 0.1) is 25.0 Å². The molecule has 2 fully saturated rings. The van der Waals surface area contributed by atoms with Crippen molar-refractivity contribution >= 4 is 58.3 Å². The highest BCUT2D eigenvalue weighted by atomic mass is 35.5. The topological polar surface area (TPSA) is 52.6 Å². The first-order valence-corrected chi connectivity index (χ1v) is 9.04. The Morgan fingerprint density at radius 1 is 0.727 bits per heavy atom. The standard InChI is InChI=1S/C14H18Cl4O4/c1-21-11(19)13-7(3-15)9(5-17)14(13,12(20)22-2)10(6-18)8(13)4-16/h7-10H,3-6H2,1-2H3/t7-,8-,9-,10-,13?,14?/m0/s1. The number of rotatable bonds is 6. The zero-order chi connectivity index (χ0) is 16.7. The minimum Gasteiger partial charge on any atom is -0.469 e. The molecule has 2 aliphatic rings. The first-order chi connectivity index (χ1) is 10.5. The van der Waals surface area contributed by atoms with E-state index in [-0.39, 0.29) is 47.2 Å². The minimum absolute atomic E-state index is 0.188. The quantitative estimate of drug-likeness (QED) is 0.516. The molecule has 2 rings (SSSR count). The molecule has 22 heavy (non-hydrogen) atoms. The van der Waals surface area contributed by atoms with Crippen LogP contribution in [0.2, 0.25) is 0 Å². The molecule has 0 aromatic rings. The minimum atomic E-state index is -1.10. The molecule has 0 bridgehead atoms. The Kier molecular flexibility index (Phi) is 5.48. The van der Waals surface area contributed by atoms with Crippen molar-refractivity contribution in [3.8, 4) is 0 Å². The van der Waals surface area contributed by atoms with Crippen LogP contribution in [0, 0.1) is 34.5 Å². The molecule has 0 saturated heterocycles. The Labute approximate surface area is 149 Å². The van der Waals surface area contributed by atoms with Crippen LogP contribution < -0.4 is 0 Å². The second kappa shape index (κ2) is 6.54. The lowest BCUT2D eigenvalue weighted by Crippen LogP contribution is -2.87. The van der Waals surface area contributed by atoms with Gasteiger partial charge in [-0.2, -0.15) is 0 Å². The molecule has 8 heteroatoms. The van der Waals surface area contributed by atoms with Gasteiger partial charge in [-0.1, -0.05) is 0 Å². The summed E-state index contributed by atoms with van der Waals surface area (Å²) >= 11 is 24.4. The molecule has 0 aromatic heterocycles. The summed E-state index contributed by atoms with van der Waals surface area (Å²) in [7, 11) is 2.58. The van der Waals surface area contributed by atoms with E-state index < -0.39 is 22.8 Å². The van der Waals surface area contributed by atoms with Crippen molar-refractivity contribution < 1.29 is 19.1 Å². The molecule has 126 valence electrons. The van der Waals surface area contributed by atoms with Crippen molar-refractivity contribution in [1.29, 1.82) is 0 Å². The van der Waals surface area contributed by atoms with Gasteiger partial charge in [0.1, 0.15) is 0 Å². The lowest BCUT2D eigenvalue weighted by atomic mass is 9.22. The van der Waals surface area contributed by atoms with E-state index in [1.165, 1.54) is 14.2 Å². The molecule has 0 spiro atoms. The molecule has 2 saturated carbocycles. The molecule has 0 amide bonds. The molecule has 0 radical (unpaired) electrons. The Hall–Kier alpha value is 0.1000. The third kappa shape index (κ3) is 1.73. The highest BCUT2D eigenvalue weighted by Crippen LogP contribution is 2.82. The first-order valence-electron chi connectivity index (χ1n) is 6.91. The van der Waals surface area contributed by atoms with Crippen LogP contribution in [-0.2, 0) is 19.1 Å². The van der Waals surface area contributed by atoms with E-state index in [2.05, 4.69) is 0 Å². The van der Waals surface area contributed by atoms with Gasteiger partial charge in [-0.3, -0.25) is 9.59 Å². The number of halogens is 4. The van der Waals surface area contributed by atoms with Gasteiger partial charge in [0.2, 0.25) is 0 Å². The second-order valence-electron chi connectivity index (χ2n) is 5.76. The van der Waals surface area contributed by atoms with Gasteiger partial charge in [-0.05, 0) is 23.7 Å². The van der Waals surface area contributed by atoms with Crippen molar-refractivity contribution in [2.24, 2.45) is 34.5 Å². The fraction of sp³-hybridized carbons (Fsp3) is 0.857. The number of carbonyl (C=O) groups excluding carboxylic acids is 2. The lowest BCUT2D eigenvalue weighted by molar-refractivity contribution is -0.325. The van der Waals surface area contributed by atoms with E-state index in [9.17, 15) is 9.59 Å². The molecule has 0 heterocycles. The van der Waals surface area contributed by atoms with Gasteiger partial charge in [0.25, 0.3) is 0 Å². The van der Waals surface area contributed by atoms with Crippen LogP contribution in [0.1, 0.15) is 0 Å². The van der Waals surface area contributed by atoms with Crippen LogP contribution in [0.25, 0.3) is 0 Å². The van der Waals surface area contributed by atoms with E-state index in [0.29, 0.717) is 0 Å². The number of esters is 2. The highest BCUT2D eigenvalue weighted by molar-refractivity contribution is 6.22. The van der Waals surface area contributed by atoms with E-state index in [1.54, 1.807) is 0 Å². The maximum Gasteiger partial charge on any atom is 0.313 e. The molecule has 0 unspecified atom stereocenters. The lowest BCUT2D eigenvalue weighted by Gasteiger charge is -2.78. The van der Waals surface area contributed by atoms with Crippen LogP contribution in [0.15, 0.2) is 0 Å². The molecule has 2 aliphatic carbocycles. The van der Waals surface area contributed by atoms with Crippen LogP contribution in [0.4, 0.5) is 0 Å². The highest BCUT2D eigenvalue weighted by Gasteiger charge is 2.91. The molecule has 4 atom stereocenters. The van der Waals surface area contributed by atoms with Crippen molar-refractivity contribution in [3.63, 3.8) is 0 Å². The Morgan fingerprint density at radius 2 is 0.955 bits per heavy atom.